The van der Waals surface area contributed by atoms with Crippen LogP contribution in [0.4, 0.5) is 0 Å². The Balaban J connectivity index is 2.93. The van der Waals surface area contributed by atoms with E-state index in [1.165, 1.54) is 0 Å². The van der Waals surface area contributed by atoms with Crippen LogP contribution in [0.2, 0.25) is 0 Å². The molecular weight excluding hydrogens is 140 g/mol. The molecule has 0 radical (unpaired) electrons. The Kier molecular flexibility index (Phi) is 2.35. The van der Waals surface area contributed by atoms with Gasteiger partial charge in [-0.25, -0.2) is 0 Å². The van der Waals surface area contributed by atoms with E-state index in [4.69, 9.17) is 4.42 Å². The van der Waals surface area contributed by atoms with Crippen LogP contribution in [0.1, 0.15) is 36.5 Å². The molecule has 1 atom stereocenters. The molecule has 1 heterocycles. The zero-order valence-electron chi connectivity index (χ0n) is 7.22. The van der Waals surface area contributed by atoms with E-state index in [0.717, 1.165) is 23.5 Å². The molecule has 0 unspecified atom stereocenters. The van der Waals surface area contributed by atoms with E-state index in [0.29, 0.717) is 0 Å². The average Bonchev–Trinajstić information content (AvgIpc) is 2.28. The molecule has 0 aliphatic carbocycles. The van der Waals surface area contributed by atoms with Crippen LogP contribution in [-0.2, 0) is 0 Å². The molecule has 0 aromatic carbocycles. The second kappa shape index (κ2) is 3.09. The number of hydrogen-bond acceptors (Lipinski definition) is 2. The summed E-state index contributed by atoms with van der Waals surface area (Å²) < 4.78 is 5.28. The van der Waals surface area contributed by atoms with E-state index in [1.807, 2.05) is 26.8 Å². The van der Waals surface area contributed by atoms with Crippen LogP contribution in [0, 0.1) is 13.8 Å². The number of aryl methyl sites for hydroxylation is 2. The maximum Gasteiger partial charge on any atom is 0.106 e. The van der Waals surface area contributed by atoms with Crippen LogP contribution in [-0.4, -0.2) is 5.11 Å². The lowest BCUT2D eigenvalue weighted by Gasteiger charge is -2.04. The Hall–Kier alpha value is -0.760. The van der Waals surface area contributed by atoms with Gasteiger partial charge in [0.2, 0.25) is 0 Å². The molecule has 0 bridgehead atoms. The molecule has 0 amide bonds. The summed E-state index contributed by atoms with van der Waals surface area (Å²) in [7, 11) is 0. The van der Waals surface area contributed by atoms with Crippen LogP contribution < -0.4 is 0 Å². The largest absolute Gasteiger partial charge is 0.466 e. The first-order valence-corrected chi connectivity index (χ1v) is 3.90. The lowest BCUT2D eigenvalue weighted by Crippen LogP contribution is -1.94. The number of aliphatic hydroxyl groups is 1. The van der Waals surface area contributed by atoms with Gasteiger partial charge in [-0.15, -0.1) is 0 Å². The molecule has 1 rings (SSSR count). The molecule has 0 spiro atoms. The molecule has 0 saturated heterocycles. The third kappa shape index (κ3) is 1.63. The summed E-state index contributed by atoms with van der Waals surface area (Å²) in [6.07, 6.45) is 0.368. The van der Waals surface area contributed by atoms with Crippen molar-refractivity contribution in [2.45, 2.75) is 33.3 Å². The van der Waals surface area contributed by atoms with Gasteiger partial charge in [0.1, 0.15) is 11.5 Å². The monoisotopic (exact) mass is 154 g/mol. The van der Waals surface area contributed by atoms with Crippen LogP contribution in [0.5, 0.6) is 0 Å². The van der Waals surface area contributed by atoms with Crippen molar-refractivity contribution in [3.8, 4) is 0 Å². The molecule has 0 aliphatic rings. The van der Waals surface area contributed by atoms with Crippen molar-refractivity contribution in [3.05, 3.63) is 23.2 Å². The van der Waals surface area contributed by atoms with E-state index in [-0.39, 0.29) is 6.10 Å². The van der Waals surface area contributed by atoms with E-state index >= 15 is 0 Å². The van der Waals surface area contributed by atoms with Gasteiger partial charge in [-0.3, -0.25) is 0 Å². The predicted octanol–water partition coefficient (Wildman–Crippen LogP) is 2.34. The summed E-state index contributed by atoms with van der Waals surface area (Å²) >= 11 is 0. The van der Waals surface area contributed by atoms with E-state index in [2.05, 4.69) is 0 Å². The second-order valence-corrected chi connectivity index (χ2v) is 2.79. The molecule has 11 heavy (non-hydrogen) atoms. The van der Waals surface area contributed by atoms with E-state index < -0.39 is 0 Å². The average molecular weight is 154 g/mol. The van der Waals surface area contributed by atoms with Crippen LogP contribution in [0.25, 0.3) is 0 Å². The summed E-state index contributed by atoms with van der Waals surface area (Å²) in [4.78, 5) is 0. The van der Waals surface area contributed by atoms with Gasteiger partial charge in [0, 0.05) is 5.56 Å². The third-order valence-electron chi connectivity index (χ3n) is 1.83. The van der Waals surface area contributed by atoms with Crippen molar-refractivity contribution in [1.82, 2.24) is 0 Å². The maximum absolute atomic E-state index is 9.46. The standard InChI is InChI=1S/C9H14O2/c1-4-9(10)8-5-6(2)11-7(8)3/h5,9-10H,4H2,1-3H3/t9-/m0/s1. The smallest absolute Gasteiger partial charge is 0.106 e. The van der Waals surface area contributed by atoms with Gasteiger partial charge in [0.15, 0.2) is 0 Å². The van der Waals surface area contributed by atoms with Crippen molar-refractivity contribution in [3.63, 3.8) is 0 Å². The molecule has 2 nitrogen and oxygen atoms in total. The highest BCUT2D eigenvalue weighted by Gasteiger charge is 2.11. The minimum Gasteiger partial charge on any atom is -0.466 e. The lowest BCUT2D eigenvalue weighted by atomic mass is 10.1. The summed E-state index contributed by atoms with van der Waals surface area (Å²) in [5.74, 6) is 1.70. The fourth-order valence-electron chi connectivity index (χ4n) is 1.20. The van der Waals surface area contributed by atoms with Crippen molar-refractivity contribution in [1.29, 1.82) is 0 Å². The van der Waals surface area contributed by atoms with Gasteiger partial charge in [-0.05, 0) is 26.3 Å². The first-order chi connectivity index (χ1) is 5.15. The highest BCUT2D eigenvalue weighted by atomic mass is 16.3. The molecule has 2 heteroatoms. The first-order valence-electron chi connectivity index (χ1n) is 3.90. The Morgan fingerprint density at radius 2 is 2.18 bits per heavy atom. The van der Waals surface area contributed by atoms with Gasteiger partial charge in [0.05, 0.1) is 6.10 Å². The van der Waals surface area contributed by atoms with Crippen molar-refractivity contribution >= 4 is 0 Å². The van der Waals surface area contributed by atoms with Gasteiger partial charge in [-0.1, -0.05) is 6.92 Å². The number of furan rings is 1. The molecule has 0 fully saturated rings. The van der Waals surface area contributed by atoms with Gasteiger partial charge in [-0.2, -0.15) is 0 Å². The lowest BCUT2D eigenvalue weighted by molar-refractivity contribution is 0.171. The molecule has 0 saturated carbocycles. The van der Waals surface area contributed by atoms with Crippen molar-refractivity contribution in [2.75, 3.05) is 0 Å². The number of aliphatic hydroxyl groups excluding tert-OH is 1. The fraction of sp³-hybridized carbons (Fsp3) is 0.556. The topological polar surface area (TPSA) is 33.4 Å². The summed E-state index contributed by atoms with van der Waals surface area (Å²) in [6, 6.07) is 1.89. The predicted molar refractivity (Wildman–Crippen MR) is 43.4 cm³/mol. The highest BCUT2D eigenvalue weighted by Crippen LogP contribution is 2.23. The Morgan fingerprint density at radius 1 is 1.55 bits per heavy atom. The van der Waals surface area contributed by atoms with Gasteiger partial charge < -0.3 is 9.52 Å². The summed E-state index contributed by atoms with van der Waals surface area (Å²) in [5, 5.41) is 9.46. The zero-order valence-corrected chi connectivity index (χ0v) is 7.22. The maximum atomic E-state index is 9.46. The first kappa shape index (κ1) is 8.34. The normalized spacial score (nSPS) is 13.5. The second-order valence-electron chi connectivity index (χ2n) is 2.79. The van der Waals surface area contributed by atoms with Gasteiger partial charge in [0.25, 0.3) is 0 Å². The molecular formula is C9H14O2. The zero-order chi connectivity index (χ0) is 8.43. The third-order valence-corrected chi connectivity index (χ3v) is 1.83. The number of rotatable bonds is 2. The van der Waals surface area contributed by atoms with Gasteiger partial charge >= 0.3 is 0 Å². The Morgan fingerprint density at radius 3 is 2.55 bits per heavy atom. The summed E-state index contributed by atoms with van der Waals surface area (Å²) in [6.45, 7) is 5.71. The van der Waals surface area contributed by atoms with E-state index in [9.17, 15) is 5.11 Å². The van der Waals surface area contributed by atoms with Crippen molar-refractivity contribution in [2.24, 2.45) is 0 Å². The van der Waals surface area contributed by atoms with E-state index in [1.54, 1.807) is 0 Å². The number of hydrogen-bond donors (Lipinski definition) is 1. The highest BCUT2D eigenvalue weighted by molar-refractivity contribution is 5.22. The molecule has 1 aromatic rings. The van der Waals surface area contributed by atoms with Crippen LogP contribution in [0.3, 0.4) is 0 Å². The fourth-order valence-corrected chi connectivity index (χ4v) is 1.20. The van der Waals surface area contributed by atoms with Crippen LogP contribution >= 0.6 is 0 Å². The molecule has 62 valence electrons. The minimum absolute atomic E-state index is 0.368. The quantitative estimate of drug-likeness (QED) is 0.709. The Labute approximate surface area is 66.8 Å². The summed E-state index contributed by atoms with van der Waals surface area (Å²) in [5.41, 5.74) is 0.921. The molecule has 1 aromatic heterocycles. The van der Waals surface area contributed by atoms with Crippen molar-refractivity contribution < 1.29 is 9.52 Å². The molecule has 0 aliphatic heterocycles. The molecule has 1 N–H and O–H groups in total. The Bertz CT molecular complexity index is 238. The minimum atomic E-state index is -0.368. The van der Waals surface area contributed by atoms with Crippen LogP contribution in [0.15, 0.2) is 10.5 Å². The SMILES string of the molecule is CC[C@H](O)c1cc(C)oc1C.